The van der Waals surface area contributed by atoms with Gasteiger partial charge in [-0.15, -0.1) is 0 Å². The van der Waals surface area contributed by atoms with Gasteiger partial charge in [0.25, 0.3) is 0 Å². The average Bonchev–Trinajstić information content (AvgIpc) is 2.46. The van der Waals surface area contributed by atoms with E-state index < -0.39 is 0 Å². The lowest BCUT2D eigenvalue weighted by molar-refractivity contribution is 0.241. The molecule has 0 bridgehead atoms. The molecule has 1 aromatic rings. The minimum atomic E-state index is -0.225. The van der Waals surface area contributed by atoms with Crippen LogP contribution in [-0.2, 0) is 0 Å². The van der Waals surface area contributed by atoms with E-state index in [-0.39, 0.29) is 11.2 Å². The Labute approximate surface area is 132 Å². The molecule has 2 nitrogen and oxygen atoms in total. The second kappa shape index (κ2) is 6.23. The third-order valence-corrected chi connectivity index (χ3v) is 4.50. The number of nitrogens with zero attached hydrogens (tertiary/aromatic N) is 2. The minimum absolute atomic E-state index is 0.216. The van der Waals surface area contributed by atoms with Gasteiger partial charge in [-0.25, -0.2) is 4.39 Å². The Morgan fingerprint density at radius 2 is 1.86 bits per heavy atom. The monoisotopic (exact) mass is 300 g/mol. The van der Waals surface area contributed by atoms with Crippen molar-refractivity contribution in [2.24, 2.45) is 10.4 Å². The number of likely N-dealkylation sites (tertiary alicyclic amines) is 1. The molecule has 3 rings (SSSR count). The van der Waals surface area contributed by atoms with Crippen LogP contribution in [0.4, 0.5) is 10.1 Å². The van der Waals surface area contributed by atoms with Crippen molar-refractivity contribution < 1.29 is 4.39 Å². The van der Waals surface area contributed by atoms with E-state index >= 15 is 0 Å². The van der Waals surface area contributed by atoms with Crippen molar-refractivity contribution in [1.29, 1.82) is 0 Å². The maximum absolute atomic E-state index is 13.3. The number of aliphatic imine (C=N–C) groups is 1. The van der Waals surface area contributed by atoms with Crippen molar-refractivity contribution in [2.75, 3.05) is 13.1 Å². The van der Waals surface area contributed by atoms with Gasteiger partial charge in [-0.2, -0.15) is 0 Å². The summed E-state index contributed by atoms with van der Waals surface area (Å²) >= 11 is 0. The van der Waals surface area contributed by atoms with Crippen LogP contribution in [-0.4, -0.2) is 23.7 Å². The van der Waals surface area contributed by atoms with Gasteiger partial charge in [0.1, 0.15) is 5.82 Å². The zero-order valence-corrected chi connectivity index (χ0v) is 13.6. The summed E-state index contributed by atoms with van der Waals surface area (Å²) in [5.74, 6) is -0.225. The van der Waals surface area contributed by atoms with Gasteiger partial charge in [0.2, 0.25) is 0 Å². The predicted octanol–water partition coefficient (Wildman–Crippen LogP) is 5.09. The highest BCUT2D eigenvalue weighted by Crippen LogP contribution is 2.37. The van der Waals surface area contributed by atoms with Gasteiger partial charge in [-0.1, -0.05) is 19.9 Å². The Morgan fingerprint density at radius 3 is 2.59 bits per heavy atom. The summed E-state index contributed by atoms with van der Waals surface area (Å²) in [4.78, 5) is 7.21. The first-order valence-corrected chi connectivity index (χ1v) is 8.31. The lowest BCUT2D eigenvalue weighted by atomic mass is 9.78. The zero-order chi connectivity index (χ0) is 15.6. The van der Waals surface area contributed by atoms with Crippen LogP contribution in [0.5, 0.6) is 0 Å². The first-order chi connectivity index (χ1) is 10.5. The molecule has 0 saturated carbocycles. The van der Waals surface area contributed by atoms with Gasteiger partial charge >= 0.3 is 0 Å². The van der Waals surface area contributed by atoms with Crippen LogP contribution in [0.1, 0.15) is 46.0 Å². The Hall–Kier alpha value is -1.64. The fourth-order valence-electron chi connectivity index (χ4n) is 3.51. The van der Waals surface area contributed by atoms with Crippen molar-refractivity contribution >= 4 is 11.4 Å². The Bertz CT molecular complexity index is 595. The molecule has 1 aliphatic carbocycles. The fraction of sp³-hybridized carbons (Fsp3) is 0.526. The standard InChI is InChI=1S/C19H25FN2/c1-19(2)13-17(21-16-8-6-7-15(20)11-16)12-18(14-19)22-9-4-3-5-10-22/h6-8,11-12H,3-5,9-10,13-14H2,1-2H3. The highest BCUT2D eigenvalue weighted by atomic mass is 19.1. The number of rotatable bonds is 2. The van der Waals surface area contributed by atoms with Gasteiger partial charge in [-0.05, 0) is 61.8 Å². The van der Waals surface area contributed by atoms with E-state index in [2.05, 4.69) is 24.8 Å². The number of hydrogen-bond acceptors (Lipinski definition) is 2. The first kappa shape index (κ1) is 15.3. The van der Waals surface area contributed by atoms with E-state index in [1.54, 1.807) is 6.07 Å². The summed E-state index contributed by atoms with van der Waals surface area (Å²) in [6, 6.07) is 6.55. The van der Waals surface area contributed by atoms with Crippen molar-refractivity contribution in [3.05, 3.63) is 41.9 Å². The van der Waals surface area contributed by atoms with Crippen molar-refractivity contribution in [2.45, 2.75) is 46.0 Å². The lowest BCUT2D eigenvalue weighted by Gasteiger charge is -2.38. The summed E-state index contributed by atoms with van der Waals surface area (Å²) < 4.78 is 13.3. The molecule has 0 unspecified atom stereocenters. The highest BCUT2D eigenvalue weighted by molar-refractivity contribution is 5.98. The van der Waals surface area contributed by atoms with Crippen LogP contribution in [0.3, 0.4) is 0 Å². The molecule has 0 amide bonds. The van der Waals surface area contributed by atoms with Crippen LogP contribution in [0.2, 0.25) is 0 Å². The van der Waals surface area contributed by atoms with E-state index in [0.29, 0.717) is 5.69 Å². The molecular weight excluding hydrogens is 275 g/mol. The van der Waals surface area contributed by atoms with Gasteiger partial charge in [0.05, 0.1) is 5.69 Å². The molecular formula is C19H25FN2. The Morgan fingerprint density at radius 1 is 1.09 bits per heavy atom. The molecule has 2 aliphatic rings. The molecule has 1 heterocycles. The smallest absolute Gasteiger partial charge is 0.125 e. The summed E-state index contributed by atoms with van der Waals surface area (Å²) in [6.07, 6.45) is 8.21. The van der Waals surface area contributed by atoms with E-state index in [1.807, 2.05) is 6.07 Å². The van der Waals surface area contributed by atoms with Crippen LogP contribution >= 0.6 is 0 Å². The van der Waals surface area contributed by atoms with Gasteiger partial charge in [-0.3, -0.25) is 4.99 Å². The summed E-state index contributed by atoms with van der Waals surface area (Å²) in [6.45, 7) is 6.92. The largest absolute Gasteiger partial charge is 0.375 e. The number of benzene rings is 1. The first-order valence-electron chi connectivity index (χ1n) is 8.31. The molecule has 0 atom stereocenters. The minimum Gasteiger partial charge on any atom is -0.375 e. The fourth-order valence-corrected chi connectivity index (χ4v) is 3.51. The Kier molecular flexibility index (Phi) is 4.32. The third-order valence-electron chi connectivity index (χ3n) is 4.50. The molecule has 3 heteroatoms. The van der Waals surface area contributed by atoms with Crippen LogP contribution < -0.4 is 0 Å². The van der Waals surface area contributed by atoms with Crippen LogP contribution in [0.25, 0.3) is 0 Å². The van der Waals surface area contributed by atoms with E-state index in [9.17, 15) is 4.39 Å². The van der Waals surface area contributed by atoms with Gasteiger partial charge < -0.3 is 4.90 Å². The highest BCUT2D eigenvalue weighted by Gasteiger charge is 2.29. The van der Waals surface area contributed by atoms with Crippen molar-refractivity contribution in [3.8, 4) is 0 Å². The molecule has 1 aromatic carbocycles. The predicted molar refractivity (Wildman–Crippen MR) is 90.0 cm³/mol. The molecule has 1 fully saturated rings. The normalized spacial score (nSPS) is 23.5. The van der Waals surface area contributed by atoms with E-state index in [4.69, 9.17) is 4.99 Å². The number of halogens is 1. The van der Waals surface area contributed by atoms with E-state index in [0.717, 1.165) is 31.6 Å². The molecule has 0 radical (unpaired) electrons. The lowest BCUT2D eigenvalue weighted by Crippen LogP contribution is -2.34. The van der Waals surface area contributed by atoms with Crippen molar-refractivity contribution in [1.82, 2.24) is 4.90 Å². The molecule has 1 aliphatic heterocycles. The van der Waals surface area contributed by atoms with Gasteiger partial charge in [0, 0.05) is 24.5 Å². The average molecular weight is 300 g/mol. The third kappa shape index (κ3) is 3.76. The zero-order valence-electron chi connectivity index (χ0n) is 13.6. The summed E-state index contributed by atoms with van der Waals surface area (Å²) in [7, 11) is 0. The number of piperidine rings is 1. The van der Waals surface area contributed by atoms with Crippen LogP contribution in [0.15, 0.2) is 41.0 Å². The topological polar surface area (TPSA) is 15.6 Å². The molecule has 0 N–H and O–H groups in total. The van der Waals surface area contributed by atoms with Crippen molar-refractivity contribution in [3.63, 3.8) is 0 Å². The number of hydrogen-bond donors (Lipinski definition) is 0. The van der Waals surface area contributed by atoms with Gasteiger partial charge in [0.15, 0.2) is 0 Å². The molecule has 0 aromatic heterocycles. The maximum atomic E-state index is 13.3. The molecule has 118 valence electrons. The molecule has 22 heavy (non-hydrogen) atoms. The van der Waals surface area contributed by atoms with Crippen LogP contribution in [0, 0.1) is 11.2 Å². The SMILES string of the molecule is CC1(C)CC(N2CCCCC2)=CC(=Nc2cccc(F)c2)C1. The quantitative estimate of drug-likeness (QED) is 0.743. The molecule has 1 saturated heterocycles. The van der Waals surface area contributed by atoms with E-state index in [1.165, 1.54) is 37.1 Å². The summed E-state index contributed by atoms with van der Waals surface area (Å²) in [5, 5.41) is 0. The maximum Gasteiger partial charge on any atom is 0.125 e. The summed E-state index contributed by atoms with van der Waals surface area (Å²) in [5.41, 5.74) is 3.41. The molecule has 0 spiro atoms. The Balaban J connectivity index is 1.88. The second-order valence-electron chi connectivity index (χ2n) is 7.28. The number of allylic oxidation sites excluding steroid dienone is 2. The second-order valence-corrected chi connectivity index (χ2v) is 7.28.